The zero-order chi connectivity index (χ0) is 30.3. The van der Waals surface area contributed by atoms with Crippen molar-refractivity contribution in [2.24, 2.45) is 11.8 Å². The first-order valence-electron chi connectivity index (χ1n) is 14.1. The Kier molecular flexibility index (Phi) is 9.51. The minimum Gasteiger partial charge on any atom is -0.491 e. The minimum absolute atomic E-state index is 0.0245. The number of carbonyl (C=O) groups excluding carboxylic acids is 1. The maximum absolute atomic E-state index is 13.2. The SMILES string of the molecule is CC(C)(C)[Si](C)(C)O[C@@H](/C=C\[C@@H]1[C@H]2CC(=O)O[C@H]2C[C@H]1O[Si](C)(C)C(C)(C)C)COc1cccc(C(F)(F)F)c1. The molecule has 1 saturated heterocycles. The number of alkyl halides is 3. The minimum atomic E-state index is -4.45. The monoisotopic (exact) mass is 600 g/mol. The van der Waals surface area contributed by atoms with Crippen LogP contribution in [0.5, 0.6) is 5.75 Å². The van der Waals surface area contributed by atoms with Crippen LogP contribution in [-0.2, 0) is 24.6 Å². The van der Waals surface area contributed by atoms with Crippen molar-refractivity contribution in [3.63, 3.8) is 0 Å². The number of fused-ring (bicyclic) bond motifs is 1. The molecule has 5 atom stereocenters. The van der Waals surface area contributed by atoms with Gasteiger partial charge in [-0.3, -0.25) is 4.79 Å². The van der Waals surface area contributed by atoms with Crippen LogP contribution in [0.1, 0.15) is 59.9 Å². The lowest BCUT2D eigenvalue weighted by Gasteiger charge is -2.40. The van der Waals surface area contributed by atoms with Gasteiger partial charge in [0, 0.05) is 18.3 Å². The molecule has 10 heteroatoms. The second-order valence-electron chi connectivity index (χ2n) is 14.3. The Bertz CT molecular complexity index is 1070. The molecule has 1 aromatic rings. The van der Waals surface area contributed by atoms with Crippen LogP contribution in [0.4, 0.5) is 13.2 Å². The first kappa shape index (κ1) is 32.9. The Hall–Kier alpha value is -1.63. The van der Waals surface area contributed by atoms with E-state index in [1.165, 1.54) is 12.1 Å². The summed E-state index contributed by atoms with van der Waals surface area (Å²) in [6, 6.07) is 4.91. The van der Waals surface area contributed by atoms with E-state index < -0.39 is 34.5 Å². The van der Waals surface area contributed by atoms with Gasteiger partial charge in [-0.05, 0) is 54.5 Å². The summed E-state index contributed by atoms with van der Waals surface area (Å²) in [5.74, 6) is -0.0517. The summed E-state index contributed by atoms with van der Waals surface area (Å²) in [6.07, 6.45) is -0.131. The van der Waals surface area contributed by atoms with E-state index in [0.717, 1.165) is 12.1 Å². The van der Waals surface area contributed by atoms with Gasteiger partial charge >= 0.3 is 12.1 Å². The molecule has 3 rings (SSSR count). The smallest absolute Gasteiger partial charge is 0.416 e. The van der Waals surface area contributed by atoms with Crippen molar-refractivity contribution >= 4 is 22.6 Å². The molecule has 0 unspecified atom stereocenters. The molecule has 1 aliphatic carbocycles. The molecule has 1 aliphatic heterocycles. The summed E-state index contributed by atoms with van der Waals surface area (Å²) in [6.45, 7) is 21.8. The number of esters is 1. The normalized spacial score (nSPS) is 25.3. The molecule has 1 saturated carbocycles. The fourth-order valence-electron chi connectivity index (χ4n) is 4.72. The van der Waals surface area contributed by atoms with E-state index >= 15 is 0 Å². The van der Waals surface area contributed by atoms with Gasteiger partial charge in [0.1, 0.15) is 18.5 Å². The first-order valence-corrected chi connectivity index (χ1v) is 20.0. The largest absolute Gasteiger partial charge is 0.491 e. The van der Waals surface area contributed by atoms with Gasteiger partial charge in [-0.1, -0.05) is 59.8 Å². The molecule has 226 valence electrons. The van der Waals surface area contributed by atoms with Crippen molar-refractivity contribution in [3.8, 4) is 5.75 Å². The Morgan fingerprint density at radius 1 is 1.02 bits per heavy atom. The average Bonchev–Trinajstić information content (AvgIpc) is 3.28. The van der Waals surface area contributed by atoms with Crippen LogP contribution >= 0.6 is 0 Å². The maximum atomic E-state index is 13.2. The molecule has 0 amide bonds. The topological polar surface area (TPSA) is 54.0 Å². The third-order valence-electron chi connectivity index (χ3n) is 9.18. The number of carbonyl (C=O) groups is 1. The molecular formula is C30H47F3O5Si2. The van der Waals surface area contributed by atoms with Crippen LogP contribution in [-0.4, -0.2) is 47.5 Å². The first-order chi connectivity index (χ1) is 18.1. The summed E-state index contributed by atoms with van der Waals surface area (Å²) in [5, 5.41) is -0.0458. The van der Waals surface area contributed by atoms with E-state index in [2.05, 4.69) is 73.8 Å². The summed E-state index contributed by atoms with van der Waals surface area (Å²) in [4.78, 5) is 12.1. The molecular weight excluding hydrogens is 553 g/mol. The van der Waals surface area contributed by atoms with Gasteiger partial charge in [0.05, 0.1) is 24.2 Å². The Morgan fingerprint density at radius 2 is 1.65 bits per heavy atom. The molecule has 0 aromatic heterocycles. The van der Waals surface area contributed by atoms with E-state index in [1.807, 2.05) is 6.08 Å². The van der Waals surface area contributed by atoms with Crippen LogP contribution in [0.25, 0.3) is 0 Å². The van der Waals surface area contributed by atoms with E-state index in [-0.39, 0.29) is 52.4 Å². The van der Waals surface area contributed by atoms with Crippen LogP contribution in [0.2, 0.25) is 36.3 Å². The fourth-order valence-corrected chi connectivity index (χ4v) is 7.34. The standard InChI is InChI=1S/C30H47F3O5Si2/c1-28(2,3)39(7,8)37-22(19-35-21-13-11-12-20(16-21)30(31,32)33)14-15-23-24-17-27(34)36-25(24)18-26(23)38-40(9,10)29(4,5)6/h11-16,22-26H,17-19H2,1-10H3/b15-14-/t22-,23+,24+,25-,26+/m0/s1. The van der Waals surface area contributed by atoms with Gasteiger partial charge in [-0.15, -0.1) is 0 Å². The predicted molar refractivity (Wildman–Crippen MR) is 156 cm³/mol. The summed E-state index contributed by atoms with van der Waals surface area (Å²) >= 11 is 0. The van der Waals surface area contributed by atoms with Gasteiger partial charge in [0.15, 0.2) is 16.6 Å². The van der Waals surface area contributed by atoms with Crippen LogP contribution < -0.4 is 4.74 Å². The zero-order valence-corrected chi connectivity index (χ0v) is 27.6. The quantitative estimate of drug-likeness (QED) is 0.162. The van der Waals surface area contributed by atoms with Crippen molar-refractivity contribution < 1.29 is 36.3 Å². The van der Waals surface area contributed by atoms with Crippen molar-refractivity contribution in [1.82, 2.24) is 0 Å². The number of hydrogen-bond donors (Lipinski definition) is 0. The highest BCUT2D eigenvalue weighted by molar-refractivity contribution is 6.74. The Morgan fingerprint density at radius 3 is 2.23 bits per heavy atom. The zero-order valence-electron chi connectivity index (χ0n) is 25.6. The average molecular weight is 601 g/mol. The van der Waals surface area contributed by atoms with Gasteiger partial charge in [-0.2, -0.15) is 13.2 Å². The third kappa shape index (κ3) is 7.80. The number of halogens is 3. The van der Waals surface area contributed by atoms with Gasteiger partial charge < -0.3 is 18.3 Å². The molecule has 0 radical (unpaired) electrons. The van der Waals surface area contributed by atoms with Gasteiger partial charge in [0.2, 0.25) is 0 Å². The summed E-state index contributed by atoms with van der Waals surface area (Å²) in [7, 11) is -4.35. The van der Waals surface area contributed by atoms with Crippen molar-refractivity contribution in [2.45, 2.75) is 115 Å². The predicted octanol–water partition coefficient (Wildman–Crippen LogP) is 8.37. The second-order valence-corrected chi connectivity index (χ2v) is 23.8. The van der Waals surface area contributed by atoms with Crippen molar-refractivity contribution in [1.29, 1.82) is 0 Å². The summed E-state index contributed by atoms with van der Waals surface area (Å²) < 4.78 is 64.8. The van der Waals surface area contributed by atoms with E-state index in [4.69, 9.17) is 18.3 Å². The van der Waals surface area contributed by atoms with E-state index in [9.17, 15) is 18.0 Å². The van der Waals surface area contributed by atoms with Crippen LogP contribution in [0, 0.1) is 11.8 Å². The number of ether oxygens (including phenoxy) is 2. The van der Waals surface area contributed by atoms with Crippen LogP contribution in [0.15, 0.2) is 36.4 Å². The number of hydrogen-bond acceptors (Lipinski definition) is 5. The molecule has 0 spiro atoms. The molecule has 2 fully saturated rings. The van der Waals surface area contributed by atoms with Crippen LogP contribution in [0.3, 0.4) is 0 Å². The molecule has 40 heavy (non-hydrogen) atoms. The van der Waals surface area contributed by atoms with Crippen molar-refractivity contribution in [3.05, 3.63) is 42.0 Å². The fraction of sp³-hybridized carbons (Fsp3) is 0.700. The number of rotatable bonds is 9. The van der Waals surface area contributed by atoms with E-state index in [0.29, 0.717) is 12.8 Å². The molecule has 0 N–H and O–H groups in total. The Balaban J connectivity index is 1.87. The number of benzene rings is 1. The highest BCUT2D eigenvalue weighted by Crippen LogP contribution is 2.47. The Labute approximate surface area is 240 Å². The lowest BCUT2D eigenvalue weighted by Crippen LogP contribution is -2.45. The molecule has 1 heterocycles. The second kappa shape index (κ2) is 11.6. The summed E-state index contributed by atoms with van der Waals surface area (Å²) in [5.41, 5.74) is -0.754. The maximum Gasteiger partial charge on any atom is 0.416 e. The molecule has 0 bridgehead atoms. The van der Waals surface area contributed by atoms with Gasteiger partial charge in [0.25, 0.3) is 0 Å². The lowest BCUT2D eigenvalue weighted by atomic mass is 9.91. The molecule has 5 nitrogen and oxygen atoms in total. The molecule has 1 aromatic carbocycles. The highest BCUT2D eigenvalue weighted by Gasteiger charge is 2.52. The lowest BCUT2D eigenvalue weighted by molar-refractivity contribution is -0.142. The van der Waals surface area contributed by atoms with E-state index in [1.54, 1.807) is 0 Å². The van der Waals surface area contributed by atoms with Gasteiger partial charge in [-0.25, -0.2) is 0 Å². The third-order valence-corrected chi connectivity index (χ3v) is 18.2. The molecule has 2 aliphatic rings. The van der Waals surface area contributed by atoms with Crippen molar-refractivity contribution in [2.75, 3.05) is 6.61 Å². The highest BCUT2D eigenvalue weighted by atomic mass is 28.4.